The standard InChI is InChI=1S/C32H34BNO2/c1-21-13-14-25(30-15-22(2)23(3)20-34-30)19-29(21)27-16-26(24-11-9-8-10-12-24)17-28(18-27)33-35-31(4,5)32(6,7)36-33/h8-20H,1-7H3. The molecule has 1 aliphatic heterocycles. The molecule has 0 radical (unpaired) electrons. The van der Waals surface area contributed by atoms with Crippen LogP contribution in [0.4, 0.5) is 0 Å². The van der Waals surface area contributed by atoms with Gasteiger partial charge in [-0.25, -0.2) is 0 Å². The van der Waals surface area contributed by atoms with Gasteiger partial charge < -0.3 is 9.31 Å². The predicted octanol–water partition coefficient (Wildman–Crippen LogP) is 7.31. The molecular formula is C32H34BNO2. The second-order valence-corrected chi connectivity index (χ2v) is 11.0. The maximum Gasteiger partial charge on any atom is 0.494 e. The average Bonchev–Trinajstić information content (AvgIpc) is 3.08. The third-order valence-electron chi connectivity index (χ3n) is 7.80. The number of nitrogens with zero attached hydrogens (tertiary/aromatic N) is 1. The maximum atomic E-state index is 6.45. The average molecular weight is 475 g/mol. The lowest BCUT2D eigenvalue weighted by atomic mass is 9.76. The van der Waals surface area contributed by atoms with E-state index in [2.05, 4.69) is 115 Å². The number of pyridine rings is 1. The normalized spacial score (nSPS) is 16.4. The van der Waals surface area contributed by atoms with Crippen molar-refractivity contribution in [2.45, 2.75) is 59.7 Å². The van der Waals surface area contributed by atoms with E-state index in [1.54, 1.807) is 0 Å². The Morgan fingerprint density at radius 1 is 0.611 bits per heavy atom. The smallest absolute Gasteiger partial charge is 0.399 e. The molecule has 0 amide bonds. The van der Waals surface area contributed by atoms with Crippen LogP contribution >= 0.6 is 0 Å². The van der Waals surface area contributed by atoms with E-state index in [9.17, 15) is 0 Å². The Bertz CT molecular complexity index is 1410. The van der Waals surface area contributed by atoms with E-state index in [1.807, 2.05) is 12.3 Å². The second-order valence-electron chi connectivity index (χ2n) is 11.0. The van der Waals surface area contributed by atoms with Gasteiger partial charge in [0.2, 0.25) is 0 Å². The molecule has 4 heteroatoms. The number of hydrogen-bond donors (Lipinski definition) is 0. The molecule has 0 unspecified atom stereocenters. The first kappa shape index (κ1) is 24.5. The first-order valence-electron chi connectivity index (χ1n) is 12.6. The van der Waals surface area contributed by atoms with Gasteiger partial charge in [-0.3, -0.25) is 4.98 Å². The molecule has 2 heterocycles. The summed E-state index contributed by atoms with van der Waals surface area (Å²) in [5, 5.41) is 0. The summed E-state index contributed by atoms with van der Waals surface area (Å²) >= 11 is 0. The van der Waals surface area contributed by atoms with Gasteiger partial charge in [0.1, 0.15) is 0 Å². The molecule has 0 bridgehead atoms. The zero-order chi connectivity index (χ0) is 25.7. The molecule has 5 rings (SSSR count). The highest BCUT2D eigenvalue weighted by molar-refractivity contribution is 6.62. The summed E-state index contributed by atoms with van der Waals surface area (Å²) in [6.07, 6.45) is 1.95. The van der Waals surface area contributed by atoms with Crippen molar-refractivity contribution in [3.8, 4) is 33.5 Å². The summed E-state index contributed by atoms with van der Waals surface area (Å²) in [5.74, 6) is 0. The van der Waals surface area contributed by atoms with Crippen LogP contribution < -0.4 is 5.46 Å². The molecule has 0 N–H and O–H groups in total. The molecule has 182 valence electrons. The fraction of sp³-hybridized carbons (Fsp3) is 0.281. The second kappa shape index (κ2) is 9.03. The van der Waals surface area contributed by atoms with Gasteiger partial charge in [-0.1, -0.05) is 54.6 Å². The van der Waals surface area contributed by atoms with Crippen LogP contribution in [0.25, 0.3) is 33.5 Å². The molecule has 4 aromatic rings. The highest BCUT2D eigenvalue weighted by Crippen LogP contribution is 2.38. The van der Waals surface area contributed by atoms with Crippen molar-refractivity contribution in [1.29, 1.82) is 0 Å². The molecule has 1 aliphatic rings. The predicted molar refractivity (Wildman–Crippen MR) is 150 cm³/mol. The van der Waals surface area contributed by atoms with Crippen molar-refractivity contribution in [1.82, 2.24) is 4.98 Å². The molecule has 0 atom stereocenters. The maximum absolute atomic E-state index is 6.45. The van der Waals surface area contributed by atoms with Crippen LogP contribution in [0.5, 0.6) is 0 Å². The molecule has 0 saturated carbocycles. The Labute approximate surface area is 215 Å². The highest BCUT2D eigenvalue weighted by atomic mass is 16.7. The van der Waals surface area contributed by atoms with Crippen LogP contribution in [0, 0.1) is 20.8 Å². The molecule has 1 saturated heterocycles. The van der Waals surface area contributed by atoms with Gasteiger partial charge in [0.05, 0.1) is 16.9 Å². The molecule has 0 aliphatic carbocycles. The van der Waals surface area contributed by atoms with Crippen molar-refractivity contribution in [2.24, 2.45) is 0 Å². The van der Waals surface area contributed by atoms with Gasteiger partial charge >= 0.3 is 7.12 Å². The van der Waals surface area contributed by atoms with Crippen LogP contribution in [-0.4, -0.2) is 23.3 Å². The van der Waals surface area contributed by atoms with E-state index < -0.39 is 18.3 Å². The Kier molecular flexibility index (Phi) is 6.14. The van der Waals surface area contributed by atoms with Crippen LogP contribution in [0.3, 0.4) is 0 Å². The quantitative estimate of drug-likeness (QED) is 0.290. The Hall–Kier alpha value is -3.21. The number of hydrogen-bond acceptors (Lipinski definition) is 3. The first-order valence-corrected chi connectivity index (χ1v) is 12.6. The Balaban J connectivity index is 1.65. The number of aromatic nitrogens is 1. The zero-order valence-corrected chi connectivity index (χ0v) is 22.3. The third kappa shape index (κ3) is 4.52. The SMILES string of the molecule is Cc1cnc(-c2ccc(C)c(-c3cc(B4OC(C)(C)C(C)(C)O4)cc(-c4ccccc4)c3)c2)cc1C. The van der Waals surface area contributed by atoms with Crippen molar-refractivity contribution in [2.75, 3.05) is 0 Å². The minimum atomic E-state index is -0.428. The van der Waals surface area contributed by atoms with Crippen LogP contribution in [0.1, 0.15) is 44.4 Å². The molecule has 3 nitrogen and oxygen atoms in total. The largest absolute Gasteiger partial charge is 0.494 e. The van der Waals surface area contributed by atoms with Gasteiger partial charge in [0, 0.05) is 11.8 Å². The summed E-state index contributed by atoms with van der Waals surface area (Å²) in [6, 6.07) is 25.9. The van der Waals surface area contributed by atoms with E-state index in [0.717, 1.165) is 27.8 Å². The monoisotopic (exact) mass is 475 g/mol. The summed E-state index contributed by atoms with van der Waals surface area (Å²) in [4.78, 5) is 4.71. The topological polar surface area (TPSA) is 31.4 Å². The van der Waals surface area contributed by atoms with Crippen LogP contribution in [-0.2, 0) is 9.31 Å². The highest BCUT2D eigenvalue weighted by Gasteiger charge is 2.51. The van der Waals surface area contributed by atoms with Gasteiger partial charge in [-0.2, -0.15) is 0 Å². The summed E-state index contributed by atoms with van der Waals surface area (Å²) < 4.78 is 12.9. The molecule has 1 fully saturated rings. The fourth-order valence-corrected chi connectivity index (χ4v) is 4.59. The minimum Gasteiger partial charge on any atom is -0.399 e. The van der Waals surface area contributed by atoms with Crippen molar-refractivity contribution < 1.29 is 9.31 Å². The van der Waals surface area contributed by atoms with E-state index >= 15 is 0 Å². The Morgan fingerprint density at radius 2 is 1.28 bits per heavy atom. The minimum absolute atomic E-state index is 0.397. The van der Waals surface area contributed by atoms with Crippen molar-refractivity contribution >= 4 is 12.6 Å². The number of rotatable bonds is 4. The summed E-state index contributed by atoms with van der Waals surface area (Å²) in [5.41, 5.74) is 10.6. The van der Waals surface area contributed by atoms with Crippen molar-refractivity contribution in [3.05, 3.63) is 95.7 Å². The fourth-order valence-electron chi connectivity index (χ4n) is 4.59. The van der Waals surface area contributed by atoms with Crippen LogP contribution in [0.2, 0.25) is 0 Å². The lowest BCUT2D eigenvalue weighted by Gasteiger charge is -2.32. The number of aryl methyl sites for hydroxylation is 3. The molecular weight excluding hydrogens is 441 g/mol. The van der Waals surface area contributed by atoms with E-state index in [-0.39, 0.29) is 0 Å². The Morgan fingerprint density at radius 3 is 1.94 bits per heavy atom. The molecule has 3 aromatic carbocycles. The van der Waals surface area contributed by atoms with E-state index in [4.69, 9.17) is 14.3 Å². The van der Waals surface area contributed by atoms with Gasteiger partial charge in [0.25, 0.3) is 0 Å². The first-order chi connectivity index (χ1) is 17.0. The number of benzene rings is 3. The van der Waals surface area contributed by atoms with Gasteiger partial charge in [-0.05, 0) is 111 Å². The lowest BCUT2D eigenvalue weighted by Crippen LogP contribution is -2.41. The van der Waals surface area contributed by atoms with Gasteiger partial charge in [0.15, 0.2) is 0 Å². The zero-order valence-electron chi connectivity index (χ0n) is 22.3. The van der Waals surface area contributed by atoms with Crippen molar-refractivity contribution in [3.63, 3.8) is 0 Å². The summed E-state index contributed by atoms with van der Waals surface area (Å²) in [7, 11) is -0.428. The molecule has 1 aromatic heterocycles. The molecule has 0 spiro atoms. The third-order valence-corrected chi connectivity index (χ3v) is 7.80. The van der Waals surface area contributed by atoms with Crippen LogP contribution in [0.15, 0.2) is 79.0 Å². The van der Waals surface area contributed by atoms with E-state index in [0.29, 0.717) is 0 Å². The van der Waals surface area contributed by atoms with E-state index in [1.165, 1.54) is 27.8 Å². The summed E-state index contributed by atoms with van der Waals surface area (Å²) in [6.45, 7) is 14.8. The lowest BCUT2D eigenvalue weighted by molar-refractivity contribution is 0.00578. The molecule has 36 heavy (non-hydrogen) atoms. The van der Waals surface area contributed by atoms with Gasteiger partial charge in [-0.15, -0.1) is 0 Å².